The van der Waals surface area contributed by atoms with E-state index in [0.29, 0.717) is 33.7 Å². The molecule has 0 bridgehead atoms. The summed E-state index contributed by atoms with van der Waals surface area (Å²) in [6.45, 7) is 4.10. The topological polar surface area (TPSA) is 114 Å². The zero-order valence-corrected chi connectivity index (χ0v) is 21.3. The van der Waals surface area contributed by atoms with Crippen molar-refractivity contribution < 1.29 is 19.2 Å². The van der Waals surface area contributed by atoms with Crippen LogP contribution in [0.3, 0.4) is 0 Å². The molecule has 184 valence electrons. The first-order valence-corrected chi connectivity index (χ1v) is 11.9. The van der Waals surface area contributed by atoms with Gasteiger partial charge in [0.2, 0.25) is 0 Å². The average Bonchev–Trinajstić information content (AvgIpc) is 2.87. The van der Waals surface area contributed by atoms with Crippen molar-refractivity contribution in [1.82, 2.24) is 5.32 Å². The number of halogens is 1. The average molecular weight is 550 g/mol. The van der Waals surface area contributed by atoms with Crippen LogP contribution in [0.2, 0.25) is 0 Å². The van der Waals surface area contributed by atoms with Crippen molar-refractivity contribution in [1.29, 1.82) is 5.26 Å². The monoisotopic (exact) mass is 549 g/mol. The number of carbonyl (C=O) groups excluding carboxylic acids is 1. The molecular formula is C27H24BrN3O5. The van der Waals surface area contributed by atoms with Crippen molar-refractivity contribution >= 4 is 33.6 Å². The van der Waals surface area contributed by atoms with Gasteiger partial charge in [0.1, 0.15) is 18.2 Å². The molecule has 0 unspecified atom stereocenters. The minimum absolute atomic E-state index is 0.0235. The fourth-order valence-corrected chi connectivity index (χ4v) is 3.98. The fourth-order valence-electron chi connectivity index (χ4n) is 3.40. The van der Waals surface area contributed by atoms with Gasteiger partial charge in [-0.1, -0.05) is 42.5 Å². The molecule has 0 saturated carbocycles. The normalized spacial score (nSPS) is 11.8. The van der Waals surface area contributed by atoms with E-state index in [2.05, 4.69) is 21.2 Å². The van der Waals surface area contributed by atoms with Crippen LogP contribution in [0.4, 0.5) is 5.69 Å². The molecule has 0 saturated heterocycles. The summed E-state index contributed by atoms with van der Waals surface area (Å²) in [5.41, 5.74) is 2.03. The maximum absolute atomic E-state index is 12.7. The Kier molecular flexibility index (Phi) is 9.19. The zero-order valence-electron chi connectivity index (χ0n) is 19.7. The molecule has 0 aliphatic heterocycles. The van der Waals surface area contributed by atoms with E-state index in [9.17, 15) is 20.2 Å². The largest absolute Gasteiger partial charge is 0.490 e. The molecular weight excluding hydrogens is 526 g/mol. The van der Waals surface area contributed by atoms with Crippen molar-refractivity contribution in [3.8, 4) is 17.6 Å². The number of nitrogens with zero attached hydrogens (tertiary/aromatic N) is 2. The number of nitriles is 1. The van der Waals surface area contributed by atoms with E-state index in [1.165, 1.54) is 18.2 Å². The SMILES string of the molecule is CCOc1cc(/C=C(/C#N)C(=O)N[C@H](C)c2ccccc2)cc(Br)c1OCc1cccc([N+](=O)[O-])c1. The van der Waals surface area contributed by atoms with E-state index in [-0.39, 0.29) is 23.9 Å². The summed E-state index contributed by atoms with van der Waals surface area (Å²) in [6, 6.07) is 20.7. The minimum Gasteiger partial charge on any atom is -0.490 e. The lowest BCUT2D eigenvalue weighted by Crippen LogP contribution is -2.27. The van der Waals surface area contributed by atoms with E-state index in [1.807, 2.05) is 50.2 Å². The molecule has 0 fully saturated rings. The first-order valence-electron chi connectivity index (χ1n) is 11.1. The maximum atomic E-state index is 12.7. The summed E-state index contributed by atoms with van der Waals surface area (Å²) < 4.78 is 12.2. The second-order valence-corrected chi connectivity index (χ2v) is 8.61. The fraction of sp³-hybridized carbons (Fsp3) is 0.185. The predicted octanol–water partition coefficient (Wildman–Crippen LogP) is 6.12. The summed E-state index contributed by atoms with van der Waals surface area (Å²) in [6.07, 6.45) is 1.48. The Morgan fingerprint density at radius 3 is 2.58 bits per heavy atom. The number of carbonyl (C=O) groups is 1. The molecule has 0 heterocycles. The van der Waals surface area contributed by atoms with Crippen molar-refractivity contribution in [3.63, 3.8) is 0 Å². The van der Waals surface area contributed by atoms with Gasteiger partial charge in [-0.2, -0.15) is 5.26 Å². The molecule has 0 aliphatic rings. The lowest BCUT2D eigenvalue weighted by molar-refractivity contribution is -0.384. The minimum atomic E-state index is -0.492. The third kappa shape index (κ3) is 6.93. The standard InChI is InChI=1S/C27H24BrN3O5/c1-3-35-25-15-20(12-22(16-29)27(32)30-18(2)21-9-5-4-6-10-21)14-24(28)26(25)36-17-19-8-7-11-23(13-19)31(33)34/h4-15,18H,3,17H2,1-2H3,(H,30,32)/b22-12-/t18-/m1/s1. The molecule has 0 spiro atoms. The Balaban J connectivity index is 1.82. The van der Waals surface area contributed by atoms with Gasteiger partial charge in [0.15, 0.2) is 11.5 Å². The number of ether oxygens (including phenoxy) is 2. The van der Waals surface area contributed by atoms with Crippen LogP contribution in [-0.2, 0) is 11.4 Å². The highest BCUT2D eigenvalue weighted by Gasteiger charge is 2.17. The number of nitro groups is 1. The summed E-state index contributed by atoms with van der Waals surface area (Å²) in [5.74, 6) is 0.314. The van der Waals surface area contributed by atoms with E-state index < -0.39 is 10.8 Å². The molecule has 0 aromatic heterocycles. The number of non-ortho nitro benzene ring substituents is 1. The zero-order chi connectivity index (χ0) is 26.1. The molecule has 1 N–H and O–H groups in total. The van der Waals surface area contributed by atoms with Gasteiger partial charge in [0, 0.05) is 12.1 Å². The van der Waals surface area contributed by atoms with Crippen molar-refractivity contribution in [3.05, 3.63) is 104 Å². The molecule has 3 aromatic carbocycles. The van der Waals surface area contributed by atoms with Gasteiger partial charge in [0.25, 0.3) is 11.6 Å². The third-order valence-electron chi connectivity index (χ3n) is 5.16. The molecule has 36 heavy (non-hydrogen) atoms. The third-order valence-corrected chi connectivity index (χ3v) is 5.75. The van der Waals surface area contributed by atoms with Crippen LogP contribution in [0.15, 0.2) is 76.8 Å². The van der Waals surface area contributed by atoms with E-state index in [1.54, 1.807) is 24.3 Å². The Hall–Kier alpha value is -4.16. The number of nitro benzene ring substituents is 1. The Labute approximate surface area is 217 Å². The Bertz CT molecular complexity index is 1320. The lowest BCUT2D eigenvalue weighted by Gasteiger charge is -2.15. The van der Waals surface area contributed by atoms with Crippen LogP contribution in [0.5, 0.6) is 11.5 Å². The van der Waals surface area contributed by atoms with Gasteiger partial charge in [0.05, 0.1) is 22.0 Å². The smallest absolute Gasteiger partial charge is 0.269 e. The van der Waals surface area contributed by atoms with Crippen LogP contribution in [0, 0.1) is 21.4 Å². The maximum Gasteiger partial charge on any atom is 0.269 e. The lowest BCUT2D eigenvalue weighted by atomic mass is 10.1. The van der Waals surface area contributed by atoms with E-state index in [0.717, 1.165) is 5.56 Å². The van der Waals surface area contributed by atoms with Crippen molar-refractivity contribution in [2.45, 2.75) is 26.5 Å². The second-order valence-electron chi connectivity index (χ2n) is 7.75. The molecule has 0 radical (unpaired) electrons. The molecule has 0 aliphatic carbocycles. The Morgan fingerprint density at radius 1 is 1.17 bits per heavy atom. The second kappa shape index (κ2) is 12.5. The number of nitrogens with one attached hydrogen (secondary N) is 1. The molecule has 3 aromatic rings. The van der Waals surface area contributed by atoms with Crippen LogP contribution in [0.1, 0.15) is 36.6 Å². The van der Waals surface area contributed by atoms with Crippen LogP contribution in [0.25, 0.3) is 6.08 Å². The van der Waals surface area contributed by atoms with Crippen molar-refractivity contribution in [2.24, 2.45) is 0 Å². The quantitative estimate of drug-likeness (QED) is 0.141. The summed E-state index contributed by atoms with van der Waals surface area (Å²) >= 11 is 3.47. The predicted molar refractivity (Wildman–Crippen MR) is 139 cm³/mol. The molecule has 1 atom stereocenters. The highest BCUT2D eigenvalue weighted by atomic mass is 79.9. The first-order chi connectivity index (χ1) is 17.3. The number of hydrogen-bond acceptors (Lipinski definition) is 6. The summed E-state index contributed by atoms with van der Waals surface area (Å²) in [7, 11) is 0. The molecule has 9 heteroatoms. The van der Waals surface area contributed by atoms with Gasteiger partial charge in [-0.15, -0.1) is 0 Å². The molecule has 8 nitrogen and oxygen atoms in total. The van der Waals surface area contributed by atoms with Crippen LogP contribution in [-0.4, -0.2) is 17.4 Å². The van der Waals surface area contributed by atoms with Gasteiger partial charge in [-0.05, 0) is 64.7 Å². The number of benzene rings is 3. The van der Waals surface area contributed by atoms with Gasteiger partial charge < -0.3 is 14.8 Å². The Morgan fingerprint density at radius 2 is 1.92 bits per heavy atom. The van der Waals surface area contributed by atoms with E-state index in [4.69, 9.17) is 9.47 Å². The van der Waals surface area contributed by atoms with Gasteiger partial charge in [-0.25, -0.2) is 0 Å². The first kappa shape index (κ1) is 26.4. The molecule has 1 amide bonds. The highest BCUT2D eigenvalue weighted by Crippen LogP contribution is 2.38. The molecule has 3 rings (SSSR count). The van der Waals surface area contributed by atoms with Crippen molar-refractivity contribution in [2.75, 3.05) is 6.61 Å². The van der Waals surface area contributed by atoms with Gasteiger partial charge >= 0.3 is 0 Å². The van der Waals surface area contributed by atoms with Crippen LogP contribution < -0.4 is 14.8 Å². The highest BCUT2D eigenvalue weighted by molar-refractivity contribution is 9.10. The summed E-state index contributed by atoms with van der Waals surface area (Å²) in [5, 5.41) is 23.5. The van der Waals surface area contributed by atoms with E-state index >= 15 is 0 Å². The van der Waals surface area contributed by atoms with Crippen LogP contribution >= 0.6 is 15.9 Å². The summed E-state index contributed by atoms with van der Waals surface area (Å²) in [4.78, 5) is 23.3. The number of rotatable bonds is 10. The number of hydrogen-bond donors (Lipinski definition) is 1. The number of amides is 1. The van der Waals surface area contributed by atoms with Gasteiger partial charge in [-0.3, -0.25) is 14.9 Å².